The first-order valence-electron chi connectivity index (χ1n) is 6.83. The van der Waals surface area contributed by atoms with Crippen molar-refractivity contribution in [1.82, 2.24) is 10.6 Å². The van der Waals surface area contributed by atoms with Gasteiger partial charge in [-0.25, -0.2) is 4.79 Å². The zero-order valence-corrected chi connectivity index (χ0v) is 12.0. The van der Waals surface area contributed by atoms with Crippen LogP contribution in [0.25, 0.3) is 0 Å². The lowest BCUT2D eigenvalue weighted by atomic mass is 9.98. The zero-order valence-electron chi connectivity index (χ0n) is 12.0. The Labute approximate surface area is 122 Å². The van der Waals surface area contributed by atoms with Crippen molar-refractivity contribution < 1.29 is 29.0 Å². The second-order valence-corrected chi connectivity index (χ2v) is 4.97. The number of carbonyl (C=O) groups is 4. The minimum absolute atomic E-state index is 0.109. The monoisotopic (exact) mass is 300 g/mol. The molecule has 118 valence electrons. The van der Waals surface area contributed by atoms with Crippen LogP contribution in [-0.4, -0.2) is 47.6 Å². The van der Waals surface area contributed by atoms with Gasteiger partial charge in [0.1, 0.15) is 12.1 Å². The number of carboxylic acid groups (broad SMARTS) is 1. The summed E-state index contributed by atoms with van der Waals surface area (Å²) in [5, 5.41) is 14.0. The Hall–Kier alpha value is -2.12. The van der Waals surface area contributed by atoms with E-state index in [2.05, 4.69) is 10.6 Å². The molecule has 3 N–H and O–H groups in total. The molecule has 21 heavy (non-hydrogen) atoms. The predicted molar refractivity (Wildman–Crippen MR) is 71.1 cm³/mol. The summed E-state index contributed by atoms with van der Waals surface area (Å²) in [6, 6.07) is -1.92. The molecule has 1 rings (SSSR count). The van der Waals surface area contributed by atoms with Crippen molar-refractivity contribution in [2.75, 3.05) is 6.61 Å². The van der Waals surface area contributed by atoms with Crippen LogP contribution in [0.4, 0.5) is 0 Å². The topological polar surface area (TPSA) is 122 Å². The second kappa shape index (κ2) is 7.61. The Kier molecular flexibility index (Phi) is 6.13. The number of ether oxygens (including phenoxy) is 1. The maximum Gasteiger partial charge on any atom is 0.326 e. The molecule has 1 saturated heterocycles. The Morgan fingerprint density at radius 1 is 1.48 bits per heavy atom. The molecule has 8 nitrogen and oxygen atoms in total. The van der Waals surface area contributed by atoms with Crippen LogP contribution >= 0.6 is 0 Å². The number of rotatable bonds is 7. The number of carbonyl (C=O) groups excluding carboxylic acids is 3. The molecular formula is C13H20N2O6. The molecule has 0 bridgehead atoms. The van der Waals surface area contributed by atoms with Crippen molar-refractivity contribution in [2.45, 2.75) is 45.2 Å². The van der Waals surface area contributed by atoms with Gasteiger partial charge >= 0.3 is 11.9 Å². The summed E-state index contributed by atoms with van der Waals surface area (Å²) in [6.07, 6.45) is 0.472. The molecule has 3 atom stereocenters. The van der Waals surface area contributed by atoms with Crippen LogP contribution < -0.4 is 10.6 Å². The van der Waals surface area contributed by atoms with Crippen LogP contribution in [0.3, 0.4) is 0 Å². The Morgan fingerprint density at radius 3 is 2.62 bits per heavy atom. The molecule has 0 spiro atoms. The van der Waals surface area contributed by atoms with E-state index in [1.807, 2.05) is 0 Å². The lowest BCUT2D eigenvalue weighted by Gasteiger charge is -2.22. The fourth-order valence-electron chi connectivity index (χ4n) is 2.11. The second-order valence-electron chi connectivity index (χ2n) is 4.97. The Balaban J connectivity index is 2.60. The number of esters is 1. The fraction of sp³-hybridized carbons (Fsp3) is 0.692. The maximum absolute atomic E-state index is 11.9. The predicted octanol–water partition coefficient (Wildman–Crippen LogP) is -0.576. The molecule has 2 amide bonds. The van der Waals surface area contributed by atoms with Crippen molar-refractivity contribution in [3.05, 3.63) is 0 Å². The number of hydrogen-bond donors (Lipinski definition) is 3. The van der Waals surface area contributed by atoms with Gasteiger partial charge in [-0.2, -0.15) is 0 Å². The van der Waals surface area contributed by atoms with Crippen molar-refractivity contribution >= 4 is 23.8 Å². The normalized spacial score (nSPS) is 20.3. The van der Waals surface area contributed by atoms with Gasteiger partial charge < -0.3 is 20.5 Å². The Bertz CT molecular complexity index is 436. The largest absolute Gasteiger partial charge is 0.480 e. The molecule has 0 aromatic heterocycles. The summed E-state index contributed by atoms with van der Waals surface area (Å²) in [5.74, 6) is -3.16. The van der Waals surface area contributed by atoms with E-state index in [0.717, 1.165) is 0 Å². The average Bonchev–Trinajstić information content (AvgIpc) is 2.82. The Morgan fingerprint density at radius 2 is 2.14 bits per heavy atom. The third-order valence-corrected chi connectivity index (χ3v) is 3.24. The van der Waals surface area contributed by atoms with Crippen LogP contribution in [-0.2, 0) is 23.9 Å². The molecule has 0 aromatic rings. The summed E-state index contributed by atoms with van der Waals surface area (Å²) < 4.78 is 4.76. The molecule has 0 saturated carbocycles. The van der Waals surface area contributed by atoms with E-state index in [1.165, 1.54) is 0 Å². The molecular weight excluding hydrogens is 280 g/mol. The van der Waals surface area contributed by atoms with E-state index in [9.17, 15) is 24.3 Å². The van der Waals surface area contributed by atoms with Gasteiger partial charge in [0.25, 0.3) is 0 Å². The number of amides is 2. The summed E-state index contributed by atoms with van der Waals surface area (Å²) in [7, 11) is 0. The first-order valence-corrected chi connectivity index (χ1v) is 6.83. The third kappa shape index (κ3) is 5.05. The van der Waals surface area contributed by atoms with E-state index in [4.69, 9.17) is 4.74 Å². The van der Waals surface area contributed by atoms with E-state index in [-0.39, 0.29) is 25.4 Å². The van der Waals surface area contributed by atoms with Crippen LogP contribution in [0.2, 0.25) is 0 Å². The molecule has 0 radical (unpaired) electrons. The molecule has 1 fully saturated rings. The van der Waals surface area contributed by atoms with Crippen LogP contribution in [0.1, 0.15) is 33.1 Å². The van der Waals surface area contributed by atoms with Gasteiger partial charge in [-0.15, -0.1) is 0 Å². The van der Waals surface area contributed by atoms with Gasteiger partial charge in [-0.1, -0.05) is 6.92 Å². The lowest BCUT2D eigenvalue weighted by molar-refractivity contribution is -0.147. The highest BCUT2D eigenvalue weighted by molar-refractivity contribution is 5.93. The molecule has 1 heterocycles. The number of aliphatic carboxylic acids is 1. The summed E-state index contributed by atoms with van der Waals surface area (Å²) >= 11 is 0. The van der Waals surface area contributed by atoms with Crippen molar-refractivity contribution in [3.63, 3.8) is 0 Å². The van der Waals surface area contributed by atoms with Crippen LogP contribution in [0.15, 0.2) is 0 Å². The molecule has 0 unspecified atom stereocenters. The number of nitrogens with one attached hydrogen (secondary N) is 2. The quantitative estimate of drug-likeness (QED) is 0.541. The van der Waals surface area contributed by atoms with Crippen molar-refractivity contribution in [3.8, 4) is 0 Å². The van der Waals surface area contributed by atoms with Gasteiger partial charge in [0, 0.05) is 6.42 Å². The van der Waals surface area contributed by atoms with E-state index >= 15 is 0 Å². The minimum Gasteiger partial charge on any atom is -0.480 e. The third-order valence-electron chi connectivity index (χ3n) is 3.24. The molecule has 8 heteroatoms. The first-order chi connectivity index (χ1) is 9.85. The zero-order chi connectivity index (χ0) is 16.0. The van der Waals surface area contributed by atoms with E-state index in [0.29, 0.717) is 6.42 Å². The molecule has 1 aliphatic rings. The van der Waals surface area contributed by atoms with Crippen molar-refractivity contribution in [1.29, 1.82) is 0 Å². The van der Waals surface area contributed by atoms with Crippen LogP contribution in [0, 0.1) is 5.92 Å². The highest BCUT2D eigenvalue weighted by Crippen LogP contribution is 2.12. The highest BCUT2D eigenvalue weighted by atomic mass is 16.5. The minimum atomic E-state index is -1.23. The lowest BCUT2D eigenvalue weighted by Crippen LogP contribution is -2.51. The van der Waals surface area contributed by atoms with Crippen LogP contribution in [0.5, 0.6) is 0 Å². The first kappa shape index (κ1) is 16.9. The van der Waals surface area contributed by atoms with E-state index in [1.54, 1.807) is 13.8 Å². The van der Waals surface area contributed by atoms with Gasteiger partial charge in [0.15, 0.2) is 0 Å². The fourth-order valence-corrected chi connectivity index (χ4v) is 2.11. The van der Waals surface area contributed by atoms with Gasteiger partial charge in [-0.05, 0) is 19.3 Å². The van der Waals surface area contributed by atoms with E-state index < -0.39 is 35.8 Å². The van der Waals surface area contributed by atoms with Crippen molar-refractivity contribution in [2.24, 2.45) is 5.92 Å². The summed E-state index contributed by atoms with van der Waals surface area (Å²) in [6.45, 7) is 3.41. The smallest absolute Gasteiger partial charge is 0.326 e. The summed E-state index contributed by atoms with van der Waals surface area (Å²) in [4.78, 5) is 45.6. The van der Waals surface area contributed by atoms with Gasteiger partial charge in [-0.3, -0.25) is 14.4 Å². The standard InChI is InChI=1S/C13H20N2O6/c1-3-21-10(17)6-7(2)11(13(19)20)15-12(18)8-4-5-9(16)14-8/h7-8,11H,3-6H2,1-2H3,(H,14,16)(H,15,18)(H,19,20)/t7-,8+,11-/m1/s1. The SMILES string of the molecule is CCOC(=O)C[C@@H](C)[C@@H](NC(=O)[C@@H]1CCC(=O)N1)C(=O)O. The molecule has 0 aromatic carbocycles. The maximum atomic E-state index is 11.9. The summed E-state index contributed by atoms with van der Waals surface area (Å²) in [5.41, 5.74) is 0. The molecule has 0 aliphatic carbocycles. The number of hydrogen-bond acceptors (Lipinski definition) is 5. The van der Waals surface area contributed by atoms with Gasteiger partial charge in [0.05, 0.1) is 13.0 Å². The molecule has 1 aliphatic heterocycles. The number of carboxylic acids is 1. The highest BCUT2D eigenvalue weighted by Gasteiger charge is 2.33. The van der Waals surface area contributed by atoms with Gasteiger partial charge in [0.2, 0.25) is 11.8 Å². The average molecular weight is 300 g/mol.